The normalized spacial score (nSPS) is 13.5. The summed E-state index contributed by atoms with van der Waals surface area (Å²) in [4.78, 5) is 21.7. The summed E-state index contributed by atoms with van der Waals surface area (Å²) in [6, 6.07) is 4.79. The monoisotopic (exact) mass is 207 g/mol. The predicted octanol–water partition coefficient (Wildman–Crippen LogP) is 0.943. The molecule has 1 amide bonds. The minimum absolute atomic E-state index is 0.0173. The molecule has 0 spiro atoms. The molecule has 0 aromatic heterocycles. The number of anilines is 1. The average Bonchev–Trinajstić information content (AvgIpc) is 2.17. The van der Waals surface area contributed by atoms with Crippen LogP contribution in [0.25, 0.3) is 0 Å². The van der Waals surface area contributed by atoms with Crippen molar-refractivity contribution in [1.29, 1.82) is 0 Å². The van der Waals surface area contributed by atoms with Gasteiger partial charge in [0.15, 0.2) is 6.61 Å². The van der Waals surface area contributed by atoms with Crippen molar-refractivity contribution in [3.63, 3.8) is 0 Å². The van der Waals surface area contributed by atoms with Crippen LogP contribution in [-0.2, 0) is 9.59 Å². The lowest BCUT2D eigenvalue weighted by Gasteiger charge is -2.18. The Labute approximate surface area is 86.0 Å². The predicted molar refractivity (Wildman–Crippen MR) is 51.9 cm³/mol. The van der Waals surface area contributed by atoms with E-state index in [4.69, 9.17) is 9.47 Å². The fourth-order valence-corrected chi connectivity index (χ4v) is 1.28. The average molecular weight is 207 g/mol. The van der Waals surface area contributed by atoms with Crippen LogP contribution in [0.4, 0.5) is 5.69 Å². The molecule has 0 unspecified atom stereocenters. The maximum Gasteiger partial charge on any atom is 0.308 e. The third-order valence-corrected chi connectivity index (χ3v) is 1.85. The minimum atomic E-state index is -0.394. The summed E-state index contributed by atoms with van der Waals surface area (Å²) in [6.07, 6.45) is 0. The molecular formula is C10H9NO4. The van der Waals surface area contributed by atoms with E-state index in [0.29, 0.717) is 17.2 Å². The van der Waals surface area contributed by atoms with Gasteiger partial charge in [-0.25, -0.2) is 0 Å². The Morgan fingerprint density at radius 1 is 1.53 bits per heavy atom. The highest BCUT2D eigenvalue weighted by atomic mass is 16.5. The van der Waals surface area contributed by atoms with Gasteiger partial charge in [-0.2, -0.15) is 0 Å². The summed E-state index contributed by atoms with van der Waals surface area (Å²) in [7, 11) is 0. The van der Waals surface area contributed by atoms with Crippen LogP contribution >= 0.6 is 0 Å². The maximum atomic E-state index is 11.0. The molecule has 0 atom stereocenters. The summed E-state index contributed by atoms with van der Waals surface area (Å²) < 4.78 is 10.0. The van der Waals surface area contributed by atoms with Gasteiger partial charge in [-0.15, -0.1) is 0 Å². The van der Waals surface area contributed by atoms with Crippen molar-refractivity contribution in [3.8, 4) is 11.5 Å². The number of hydrogen-bond acceptors (Lipinski definition) is 4. The number of carbonyl (C=O) groups is 2. The Kier molecular flexibility index (Phi) is 2.29. The van der Waals surface area contributed by atoms with Gasteiger partial charge in [-0.3, -0.25) is 9.59 Å². The number of ether oxygens (including phenoxy) is 2. The third kappa shape index (κ3) is 2.07. The molecule has 1 aromatic carbocycles. The Morgan fingerprint density at radius 2 is 2.33 bits per heavy atom. The van der Waals surface area contributed by atoms with Gasteiger partial charge in [0.05, 0.1) is 5.69 Å². The molecule has 0 saturated carbocycles. The quantitative estimate of drug-likeness (QED) is 0.550. The molecule has 1 heterocycles. The Bertz CT molecular complexity index is 427. The number of benzene rings is 1. The number of fused-ring (bicyclic) bond motifs is 1. The molecule has 0 saturated heterocycles. The van der Waals surface area contributed by atoms with E-state index in [1.54, 1.807) is 18.2 Å². The largest absolute Gasteiger partial charge is 0.481 e. The fourth-order valence-electron chi connectivity index (χ4n) is 1.28. The molecule has 5 nitrogen and oxygen atoms in total. The van der Waals surface area contributed by atoms with Gasteiger partial charge < -0.3 is 14.8 Å². The number of amides is 1. The van der Waals surface area contributed by atoms with Gasteiger partial charge in [-0.05, 0) is 12.1 Å². The maximum absolute atomic E-state index is 11.0. The van der Waals surface area contributed by atoms with Crippen LogP contribution in [0, 0.1) is 0 Å². The molecule has 15 heavy (non-hydrogen) atoms. The van der Waals surface area contributed by atoms with Crippen molar-refractivity contribution in [1.82, 2.24) is 0 Å². The summed E-state index contributed by atoms with van der Waals surface area (Å²) >= 11 is 0. The van der Waals surface area contributed by atoms with Crippen LogP contribution in [0.3, 0.4) is 0 Å². The molecule has 0 bridgehead atoms. The number of carbonyl (C=O) groups excluding carboxylic acids is 2. The zero-order chi connectivity index (χ0) is 10.8. The first-order chi connectivity index (χ1) is 7.15. The minimum Gasteiger partial charge on any atom is -0.481 e. The second kappa shape index (κ2) is 3.61. The van der Waals surface area contributed by atoms with Gasteiger partial charge in [0, 0.05) is 13.0 Å². The molecule has 0 radical (unpaired) electrons. The highest BCUT2D eigenvalue weighted by Crippen LogP contribution is 2.31. The van der Waals surface area contributed by atoms with E-state index in [2.05, 4.69) is 5.32 Å². The van der Waals surface area contributed by atoms with E-state index in [1.807, 2.05) is 0 Å². The molecule has 78 valence electrons. The smallest absolute Gasteiger partial charge is 0.308 e. The zero-order valence-corrected chi connectivity index (χ0v) is 8.07. The molecule has 0 fully saturated rings. The topological polar surface area (TPSA) is 64.6 Å². The highest BCUT2D eigenvalue weighted by Gasteiger charge is 2.16. The highest BCUT2D eigenvalue weighted by molar-refractivity contribution is 5.95. The van der Waals surface area contributed by atoms with Gasteiger partial charge in [0.25, 0.3) is 5.91 Å². The molecule has 2 rings (SSSR count). The standard InChI is InChI=1S/C10H9NO4/c1-6(12)15-7-2-3-8-9(4-7)14-5-10(13)11-8/h2-4H,5H2,1H3,(H,11,13). The first-order valence-corrected chi connectivity index (χ1v) is 4.40. The zero-order valence-electron chi connectivity index (χ0n) is 8.07. The van der Waals surface area contributed by atoms with Gasteiger partial charge >= 0.3 is 5.97 Å². The fraction of sp³-hybridized carbons (Fsp3) is 0.200. The Hall–Kier alpha value is -2.04. The van der Waals surface area contributed by atoms with E-state index in [0.717, 1.165) is 0 Å². The molecule has 1 aromatic rings. The van der Waals surface area contributed by atoms with Gasteiger partial charge in [-0.1, -0.05) is 0 Å². The summed E-state index contributed by atoms with van der Waals surface area (Å²) in [5.74, 6) is 0.322. The third-order valence-electron chi connectivity index (χ3n) is 1.85. The second-order valence-corrected chi connectivity index (χ2v) is 3.09. The van der Waals surface area contributed by atoms with E-state index in [1.165, 1.54) is 6.92 Å². The second-order valence-electron chi connectivity index (χ2n) is 3.09. The van der Waals surface area contributed by atoms with Crippen molar-refractivity contribution in [2.24, 2.45) is 0 Å². The van der Waals surface area contributed by atoms with Crippen LogP contribution in [0.5, 0.6) is 11.5 Å². The molecule has 1 aliphatic heterocycles. The molecule has 5 heteroatoms. The molecule has 1 N–H and O–H groups in total. The number of rotatable bonds is 1. The molecule has 1 aliphatic rings. The van der Waals surface area contributed by atoms with E-state index in [-0.39, 0.29) is 12.5 Å². The van der Waals surface area contributed by atoms with E-state index in [9.17, 15) is 9.59 Å². The van der Waals surface area contributed by atoms with E-state index < -0.39 is 5.97 Å². The Morgan fingerprint density at radius 3 is 3.07 bits per heavy atom. The number of nitrogens with one attached hydrogen (secondary N) is 1. The van der Waals surface area contributed by atoms with E-state index >= 15 is 0 Å². The summed E-state index contributed by atoms with van der Waals surface area (Å²) in [5, 5.41) is 2.64. The van der Waals surface area contributed by atoms with Crippen LogP contribution in [0.2, 0.25) is 0 Å². The summed E-state index contributed by atoms with van der Waals surface area (Å²) in [6.45, 7) is 1.30. The van der Waals surface area contributed by atoms with Crippen molar-refractivity contribution >= 4 is 17.6 Å². The Balaban J connectivity index is 2.26. The van der Waals surface area contributed by atoms with Crippen molar-refractivity contribution in [2.75, 3.05) is 11.9 Å². The molecule has 0 aliphatic carbocycles. The lowest BCUT2D eigenvalue weighted by Crippen LogP contribution is -2.25. The number of esters is 1. The number of hydrogen-bond donors (Lipinski definition) is 1. The van der Waals surface area contributed by atoms with Crippen molar-refractivity contribution in [2.45, 2.75) is 6.92 Å². The lowest BCUT2D eigenvalue weighted by atomic mass is 10.2. The van der Waals surface area contributed by atoms with Crippen LogP contribution in [0.15, 0.2) is 18.2 Å². The van der Waals surface area contributed by atoms with Crippen molar-refractivity contribution in [3.05, 3.63) is 18.2 Å². The lowest BCUT2D eigenvalue weighted by molar-refractivity contribution is -0.132. The van der Waals surface area contributed by atoms with Crippen LogP contribution in [-0.4, -0.2) is 18.5 Å². The van der Waals surface area contributed by atoms with Gasteiger partial charge in [0.2, 0.25) is 0 Å². The SMILES string of the molecule is CC(=O)Oc1ccc2c(c1)OCC(=O)N2. The summed E-state index contributed by atoms with van der Waals surface area (Å²) in [5.41, 5.74) is 0.585. The first-order valence-electron chi connectivity index (χ1n) is 4.40. The van der Waals surface area contributed by atoms with Crippen LogP contribution < -0.4 is 14.8 Å². The first kappa shape index (κ1) is 9.51. The molecular weight excluding hydrogens is 198 g/mol. The van der Waals surface area contributed by atoms with Gasteiger partial charge in [0.1, 0.15) is 11.5 Å². The van der Waals surface area contributed by atoms with Crippen molar-refractivity contribution < 1.29 is 19.1 Å². The van der Waals surface area contributed by atoms with Crippen LogP contribution in [0.1, 0.15) is 6.92 Å².